The second-order valence-electron chi connectivity index (χ2n) is 9.16. The summed E-state index contributed by atoms with van der Waals surface area (Å²) in [5.41, 5.74) is 1.67. The summed E-state index contributed by atoms with van der Waals surface area (Å²) in [5.74, 6) is -1.04. The molecule has 0 radical (unpaired) electrons. The Morgan fingerprint density at radius 1 is 0.907 bits per heavy atom. The molecular formula is C32H27Cl2N3O5S. The number of ether oxygens (including phenoxy) is 1. The number of hydrogen-bond donors (Lipinski definition) is 4. The molecule has 1 unspecified atom stereocenters. The van der Waals surface area contributed by atoms with Crippen LogP contribution in [0.5, 0.6) is 11.5 Å². The zero-order chi connectivity index (χ0) is 30.9. The minimum atomic E-state index is -0.593. The van der Waals surface area contributed by atoms with Gasteiger partial charge in [0.2, 0.25) is 5.91 Å². The summed E-state index contributed by atoms with van der Waals surface area (Å²) in [7, 11) is 1.43. The number of nitrogens with one attached hydrogen (secondary N) is 3. The van der Waals surface area contributed by atoms with E-state index in [1.807, 2.05) is 6.07 Å². The third kappa shape index (κ3) is 8.78. The molecular weight excluding hydrogens is 609 g/mol. The lowest BCUT2D eigenvalue weighted by atomic mass is 10.1. The van der Waals surface area contributed by atoms with E-state index in [2.05, 4.69) is 16.0 Å². The number of methoxy groups -OCH3 is 1. The van der Waals surface area contributed by atoms with Crippen molar-refractivity contribution in [3.8, 4) is 11.5 Å². The van der Waals surface area contributed by atoms with E-state index in [0.29, 0.717) is 38.3 Å². The zero-order valence-electron chi connectivity index (χ0n) is 23.1. The molecule has 0 saturated carbocycles. The van der Waals surface area contributed by atoms with E-state index in [0.717, 1.165) is 4.90 Å². The molecule has 0 bridgehead atoms. The van der Waals surface area contributed by atoms with Crippen molar-refractivity contribution >= 4 is 70.1 Å². The van der Waals surface area contributed by atoms with Crippen LogP contribution in [-0.2, 0) is 9.59 Å². The highest BCUT2D eigenvalue weighted by atomic mass is 35.5. The summed E-state index contributed by atoms with van der Waals surface area (Å²) in [6, 6.07) is 24.7. The highest BCUT2D eigenvalue weighted by molar-refractivity contribution is 8.00. The lowest BCUT2D eigenvalue weighted by Crippen LogP contribution is -2.30. The number of carbonyl (C=O) groups excluding carboxylic acids is 3. The average Bonchev–Trinajstić information content (AvgIpc) is 2.99. The van der Waals surface area contributed by atoms with Crippen LogP contribution in [0.2, 0.25) is 10.0 Å². The average molecular weight is 637 g/mol. The number of phenols is 1. The third-order valence-corrected chi connectivity index (χ3v) is 7.65. The van der Waals surface area contributed by atoms with E-state index in [9.17, 15) is 19.5 Å². The summed E-state index contributed by atoms with van der Waals surface area (Å²) in [4.78, 5) is 40.0. The Labute approximate surface area is 263 Å². The van der Waals surface area contributed by atoms with Gasteiger partial charge in [0.25, 0.3) is 11.8 Å². The van der Waals surface area contributed by atoms with Crippen molar-refractivity contribution in [1.29, 1.82) is 0 Å². The van der Waals surface area contributed by atoms with Crippen molar-refractivity contribution in [3.05, 3.63) is 118 Å². The van der Waals surface area contributed by atoms with Crippen LogP contribution in [0.15, 0.2) is 102 Å². The van der Waals surface area contributed by atoms with Crippen molar-refractivity contribution in [2.24, 2.45) is 0 Å². The monoisotopic (exact) mass is 635 g/mol. The molecule has 4 aromatic rings. The molecule has 1 atom stereocenters. The predicted molar refractivity (Wildman–Crippen MR) is 172 cm³/mol. The number of carbonyl (C=O) groups is 3. The topological polar surface area (TPSA) is 117 Å². The fourth-order valence-corrected chi connectivity index (χ4v) is 5.23. The van der Waals surface area contributed by atoms with Gasteiger partial charge in [0.1, 0.15) is 17.2 Å². The Bertz CT molecular complexity index is 1680. The number of halogens is 2. The zero-order valence-corrected chi connectivity index (χ0v) is 25.4. The van der Waals surface area contributed by atoms with Crippen molar-refractivity contribution in [3.63, 3.8) is 0 Å². The smallest absolute Gasteiger partial charge is 0.272 e. The molecule has 0 fully saturated rings. The van der Waals surface area contributed by atoms with Crippen LogP contribution in [0.1, 0.15) is 22.8 Å². The van der Waals surface area contributed by atoms with Gasteiger partial charge in [-0.25, -0.2) is 0 Å². The molecule has 0 aliphatic heterocycles. The first kappa shape index (κ1) is 31.5. The first-order valence-corrected chi connectivity index (χ1v) is 14.6. The summed E-state index contributed by atoms with van der Waals surface area (Å²) >= 11 is 13.4. The maximum absolute atomic E-state index is 13.5. The maximum atomic E-state index is 13.5. The fraction of sp³-hybridized carbons (Fsp3) is 0.0938. The van der Waals surface area contributed by atoms with E-state index in [-0.39, 0.29) is 17.4 Å². The van der Waals surface area contributed by atoms with Gasteiger partial charge >= 0.3 is 0 Å². The van der Waals surface area contributed by atoms with Gasteiger partial charge in [-0.2, -0.15) is 0 Å². The lowest BCUT2D eigenvalue weighted by molar-refractivity contribution is -0.115. The summed E-state index contributed by atoms with van der Waals surface area (Å²) in [6.45, 7) is 1.75. The fourth-order valence-electron chi connectivity index (χ4n) is 3.85. The molecule has 0 saturated heterocycles. The third-order valence-electron chi connectivity index (χ3n) is 6.01. The summed E-state index contributed by atoms with van der Waals surface area (Å²) in [6.07, 6.45) is 1.46. The molecule has 3 amide bonds. The van der Waals surface area contributed by atoms with Gasteiger partial charge in [-0.3, -0.25) is 14.4 Å². The molecule has 4 aromatic carbocycles. The Morgan fingerprint density at radius 3 is 2.40 bits per heavy atom. The number of phenolic OH excluding ortho intramolecular Hbond substituents is 1. The van der Waals surface area contributed by atoms with E-state index >= 15 is 0 Å². The molecule has 0 heterocycles. The van der Waals surface area contributed by atoms with E-state index < -0.39 is 17.1 Å². The second-order valence-corrected chi connectivity index (χ2v) is 11.4. The van der Waals surface area contributed by atoms with Crippen molar-refractivity contribution in [2.75, 3.05) is 17.7 Å². The van der Waals surface area contributed by atoms with Crippen LogP contribution in [-0.4, -0.2) is 35.2 Å². The second kappa shape index (κ2) is 14.6. The van der Waals surface area contributed by atoms with Gasteiger partial charge in [0, 0.05) is 32.8 Å². The predicted octanol–water partition coefficient (Wildman–Crippen LogP) is 7.24. The minimum absolute atomic E-state index is 0.0122. The molecule has 0 spiro atoms. The molecule has 0 aliphatic carbocycles. The number of amides is 3. The van der Waals surface area contributed by atoms with Crippen LogP contribution >= 0.6 is 35.0 Å². The van der Waals surface area contributed by atoms with Crippen molar-refractivity contribution in [2.45, 2.75) is 17.1 Å². The maximum Gasteiger partial charge on any atom is 0.272 e. The number of aromatic hydroxyl groups is 1. The minimum Gasteiger partial charge on any atom is -0.508 e. The van der Waals surface area contributed by atoms with Crippen molar-refractivity contribution < 1.29 is 24.2 Å². The van der Waals surface area contributed by atoms with Crippen LogP contribution in [0.4, 0.5) is 11.4 Å². The van der Waals surface area contributed by atoms with Gasteiger partial charge in [0.15, 0.2) is 0 Å². The van der Waals surface area contributed by atoms with E-state index in [4.69, 9.17) is 27.9 Å². The highest BCUT2D eigenvalue weighted by Crippen LogP contribution is 2.30. The number of rotatable bonds is 10. The van der Waals surface area contributed by atoms with Crippen molar-refractivity contribution in [1.82, 2.24) is 5.32 Å². The lowest BCUT2D eigenvalue weighted by Gasteiger charge is -2.15. The molecule has 0 aromatic heterocycles. The van der Waals surface area contributed by atoms with Crippen LogP contribution in [0, 0.1) is 0 Å². The molecule has 220 valence electrons. The SMILES string of the molecule is COc1cc(O)ccc1/C=C(/NC(=O)c1ccccc1)C(=O)Nc1cccc(SC(C)C(=O)Nc2ccc(Cl)cc2Cl)c1. The Morgan fingerprint density at radius 2 is 1.67 bits per heavy atom. The van der Waals surface area contributed by atoms with E-state index in [1.54, 1.807) is 79.7 Å². The Balaban J connectivity index is 1.52. The Kier molecular flexibility index (Phi) is 10.7. The van der Waals surface area contributed by atoms with Gasteiger partial charge in [-0.15, -0.1) is 11.8 Å². The number of anilines is 2. The summed E-state index contributed by atoms with van der Waals surface area (Å²) in [5, 5.41) is 18.4. The normalized spacial score (nSPS) is 11.8. The number of hydrogen-bond acceptors (Lipinski definition) is 6. The highest BCUT2D eigenvalue weighted by Gasteiger charge is 2.19. The van der Waals surface area contributed by atoms with Gasteiger partial charge < -0.3 is 25.8 Å². The van der Waals surface area contributed by atoms with Gasteiger partial charge in [-0.1, -0.05) is 47.5 Å². The molecule has 8 nitrogen and oxygen atoms in total. The quantitative estimate of drug-likeness (QED) is 0.108. The largest absolute Gasteiger partial charge is 0.508 e. The Hall–Kier alpha value is -4.44. The number of thioether (sulfide) groups is 1. The van der Waals surface area contributed by atoms with E-state index in [1.165, 1.54) is 37.1 Å². The first-order valence-electron chi connectivity index (χ1n) is 12.9. The number of benzene rings is 4. The van der Waals surface area contributed by atoms with Crippen LogP contribution in [0.3, 0.4) is 0 Å². The van der Waals surface area contributed by atoms with Crippen LogP contribution < -0.4 is 20.7 Å². The molecule has 4 N–H and O–H groups in total. The van der Waals surface area contributed by atoms with Gasteiger partial charge in [-0.05, 0) is 73.7 Å². The molecule has 11 heteroatoms. The van der Waals surface area contributed by atoms with Crippen LogP contribution in [0.25, 0.3) is 6.08 Å². The molecule has 43 heavy (non-hydrogen) atoms. The van der Waals surface area contributed by atoms with Gasteiger partial charge in [0.05, 0.1) is 23.1 Å². The standard InChI is InChI=1S/C32H27Cl2N3O5S/c1-19(30(39)36-27-14-12-22(33)16-26(27)34)43-25-10-6-9-23(17-25)35-32(41)28(37-31(40)20-7-4-3-5-8-20)15-21-11-13-24(38)18-29(21)42-2/h3-19,38H,1-2H3,(H,35,41)(H,36,39)(H,37,40)/b28-15+. The first-order chi connectivity index (χ1) is 20.6. The summed E-state index contributed by atoms with van der Waals surface area (Å²) < 4.78 is 5.34. The molecule has 4 rings (SSSR count). The molecule has 0 aliphatic rings.